The normalized spacial score (nSPS) is 23.9. The van der Waals surface area contributed by atoms with Gasteiger partial charge in [-0.15, -0.1) is 0 Å². The SMILES string of the molecule is C[C@H]1CCC(c2ccc3c(c2)C2(CCC2)C(=O)N3)N(C(=O)c2cc3c4c(c(N)nc3cn2)COC4)C1. The van der Waals surface area contributed by atoms with E-state index in [4.69, 9.17) is 10.5 Å². The lowest BCUT2D eigenvalue weighted by Gasteiger charge is -2.40. The first kappa shape index (κ1) is 21.7. The Kier molecular flexibility index (Phi) is 4.67. The molecular weight excluding hydrogens is 454 g/mol. The molecule has 1 spiro atoms. The van der Waals surface area contributed by atoms with Crippen LogP contribution in [0.4, 0.5) is 11.5 Å². The number of ether oxygens (including phenoxy) is 1. The van der Waals surface area contributed by atoms with Crippen molar-refractivity contribution in [3.05, 3.63) is 58.4 Å². The second kappa shape index (κ2) is 7.74. The van der Waals surface area contributed by atoms with Crippen molar-refractivity contribution in [3.63, 3.8) is 0 Å². The standard InChI is InChI=1S/C28H29N5O3/c1-15-3-6-24(16-4-5-21-20(9-16)28(7-2-8-28)27(35)32-21)33(12-15)26(34)22-10-17-18-13-36-14-19(18)25(29)31-23(17)11-30-22/h4-5,9-11,15,24H,2-3,6-8,12-14H2,1H3,(H2,29,31)(H,32,35)/t15-,24?/m0/s1. The number of benzene rings is 1. The molecule has 1 aliphatic carbocycles. The highest BCUT2D eigenvalue weighted by molar-refractivity contribution is 6.07. The van der Waals surface area contributed by atoms with Crippen LogP contribution >= 0.6 is 0 Å². The summed E-state index contributed by atoms with van der Waals surface area (Å²) in [5.74, 6) is 0.915. The van der Waals surface area contributed by atoms with E-state index in [1.165, 1.54) is 0 Å². The predicted octanol–water partition coefficient (Wildman–Crippen LogP) is 4.23. The molecule has 36 heavy (non-hydrogen) atoms. The van der Waals surface area contributed by atoms with Crippen LogP contribution in [0.15, 0.2) is 30.5 Å². The maximum atomic E-state index is 13.9. The fourth-order valence-electron chi connectivity index (χ4n) is 6.53. The molecule has 3 aromatic rings. The number of nitrogens with two attached hydrogens (primary N) is 1. The number of hydrogen-bond acceptors (Lipinski definition) is 6. The van der Waals surface area contributed by atoms with Gasteiger partial charge in [0.15, 0.2) is 0 Å². The highest BCUT2D eigenvalue weighted by Crippen LogP contribution is 2.52. The van der Waals surface area contributed by atoms with Gasteiger partial charge in [0.25, 0.3) is 5.91 Å². The van der Waals surface area contributed by atoms with E-state index in [1.807, 2.05) is 17.0 Å². The summed E-state index contributed by atoms with van der Waals surface area (Å²) in [5.41, 5.74) is 11.9. The van der Waals surface area contributed by atoms with Crippen molar-refractivity contribution in [2.24, 2.45) is 5.92 Å². The maximum Gasteiger partial charge on any atom is 0.272 e. The Labute approximate surface area is 209 Å². The molecule has 1 saturated heterocycles. The number of nitrogen functional groups attached to an aromatic ring is 1. The van der Waals surface area contributed by atoms with Crippen molar-refractivity contribution in [2.45, 2.75) is 63.7 Å². The van der Waals surface area contributed by atoms with Gasteiger partial charge >= 0.3 is 0 Å². The van der Waals surface area contributed by atoms with Gasteiger partial charge in [-0.25, -0.2) is 9.97 Å². The minimum absolute atomic E-state index is 0.0529. The molecule has 2 atom stereocenters. The zero-order valence-corrected chi connectivity index (χ0v) is 20.3. The molecule has 1 aromatic carbocycles. The molecular formula is C28H29N5O3. The smallest absolute Gasteiger partial charge is 0.272 e. The Morgan fingerprint density at radius 1 is 1.19 bits per heavy atom. The van der Waals surface area contributed by atoms with Gasteiger partial charge in [0, 0.05) is 23.2 Å². The molecule has 0 radical (unpaired) electrons. The fraction of sp³-hybridized carbons (Fsp3) is 0.429. The minimum Gasteiger partial charge on any atom is -0.383 e. The summed E-state index contributed by atoms with van der Waals surface area (Å²) in [7, 11) is 0. The van der Waals surface area contributed by atoms with Crippen LogP contribution in [0, 0.1) is 5.92 Å². The number of nitrogens with one attached hydrogen (secondary N) is 1. The van der Waals surface area contributed by atoms with Crippen LogP contribution < -0.4 is 11.1 Å². The number of fused-ring (bicyclic) bond motifs is 5. The van der Waals surface area contributed by atoms with Gasteiger partial charge in [0.2, 0.25) is 5.91 Å². The summed E-state index contributed by atoms with van der Waals surface area (Å²) < 4.78 is 5.62. The number of carbonyl (C=O) groups excluding carboxylic acids is 2. The molecule has 8 heteroatoms. The van der Waals surface area contributed by atoms with E-state index in [2.05, 4.69) is 34.3 Å². The molecule has 0 bridgehead atoms. The van der Waals surface area contributed by atoms with E-state index in [1.54, 1.807) is 6.20 Å². The largest absolute Gasteiger partial charge is 0.383 e. The van der Waals surface area contributed by atoms with Crippen LogP contribution in [-0.2, 0) is 28.2 Å². The third-order valence-corrected chi connectivity index (χ3v) is 8.75. The number of likely N-dealkylation sites (tertiary alicyclic amines) is 1. The lowest BCUT2D eigenvalue weighted by molar-refractivity contribution is -0.123. The van der Waals surface area contributed by atoms with E-state index in [9.17, 15) is 9.59 Å². The first-order chi connectivity index (χ1) is 17.4. The van der Waals surface area contributed by atoms with Crippen LogP contribution in [-0.4, -0.2) is 33.2 Å². The van der Waals surface area contributed by atoms with Gasteiger partial charge in [-0.05, 0) is 60.4 Å². The molecule has 3 N–H and O–H groups in total. The van der Waals surface area contributed by atoms with E-state index >= 15 is 0 Å². The first-order valence-electron chi connectivity index (χ1n) is 12.9. The topological polar surface area (TPSA) is 110 Å². The second-order valence-corrected chi connectivity index (χ2v) is 10.9. The van der Waals surface area contributed by atoms with Gasteiger partial charge in [-0.2, -0.15) is 0 Å². The average Bonchev–Trinajstić information content (AvgIpc) is 3.46. The second-order valence-electron chi connectivity index (χ2n) is 10.9. The zero-order valence-electron chi connectivity index (χ0n) is 20.3. The summed E-state index contributed by atoms with van der Waals surface area (Å²) in [5, 5.41) is 3.95. The van der Waals surface area contributed by atoms with Crippen LogP contribution in [0.25, 0.3) is 10.9 Å². The molecule has 8 nitrogen and oxygen atoms in total. The molecule has 2 fully saturated rings. The predicted molar refractivity (Wildman–Crippen MR) is 135 cm³/mol. The van der Waals surface area contributed by atoms with Crippen LogP contribution in [0.5, 0.6) is 0 Å². The zero-order chi connectivity index (χ0) is 24.6. The highest BCUT2D eigenvalue weighted by Gasteiger charge is 2.51. The Balaban J connectivity index is 1.26. The number of rotatable bonds is 2. The van der Waals surface area contributed by atoms with Gasteiger partial charge in [-0.1, -0.05) is 25.5 Å². The molecule has 4 aliphatic rings. The number of anilines is 2. The minimum atomic E-state index is -0.376. The summed E-state index contributed by atoms with van der Waals surface area (Å²) in [4.78, 5) is 37.6. The first-order valence-corrected chi connectivity index (χ1v) is 12.9. The number of nitrogens with zero attached hydrogens (tertiary/aromatic N) is 3. The highest BCUT2D eigenvalue weighted by atomic mass is 16.5. The molecule has 2 aromatic heterocycles. The van der Waals surface area contributed by atoms with Gasteiger partial charge in [0.1, 0.15) is 11.5 Å². The summed E-state index contributed by atoms with van der Waals surface area (Å²) >= 11 is 0. The van der Waals surface area contributed by atoms with Crippen LogP contribution in [0.1, 0.15) is 77.8 Å². The molecule has 184 valence electrons. The molecule has 2 amide bonds. The number of carbonyl (C=O) groups is 2. The number of aromatic nitrogens is 2. The number of amides is 2. The summed E-state index contributed by atoms with van der Waals surface area (Å²) in [6, 6.07) is 8.07. The van der Waals surface area contributed by atoms with E-state index < -0.39 is 0 Å². The molecule has 5 heterocycles. The third-order valence-electron chi connectivity index (χ3n) is 8.75. The average molecular weight is 484 g/mol. The molecule has 1 saturated carbocycles. The van der Waals surface area contributed by atoms with E-state index in [0.29, 0.717) is 42.7 Å². The van der Waals surface area contributed by atoms with Gasteiger partial charge < -0.3 is 20.7 Å². The lowest BCUT2D eigenvalue weighted by Crippen LogP contribution is -2.42. The van der Waals surface area contributed by atoms with Crippen molar-refractivity contribution in [1.29, 1.82) is 0 Å². The number of piperidine rings is 1. The van der Waals surface area contributed by atoms with Crippen molar-refractivity contribution >= 4 is 34.2 Å². The van der Waals surface area contributed by atoms with Crippen LogP contribution in [0.3, 0.4) is 0 Å². The van der Waals surface area contributed by atoms with Gasteiger partial charge in [-0.3, -0.25) is 9.59 Å². The summed E-state index contributed by atoms with van der Waals surface area (Å²) in [6.45, 7) is 3.77. The Bertz CT molecular complexity index is 1450. The Hall–Kier alpha value is -3.52. The fourth-order valence-corrected chi connectivity index (χ4v) is 6.53. The van der Waals surface area contributed by atoms with Crippen molar-refractivity contribution < 1.29 is 14.3 Å². The number of pyridine rings is 2. The quantitative estimate of drug-likeness (QED) is 0.564. The van der Waals surface area contributed by atoms with Crippen molar-refractivity contribution in [1.82, 2.24) is 14.9 Å². The van der Waals surface area contributed by atoms with Gasteiger partial charge in [0.05, 0.1) is 36.4 Å². The van der Waals surface area contributed by atoms with Crippen LogP contribution in [0.2, 0.25) is 0 Å². The Morgan fingerprint density at radius 3 is 2.83 bits per heavy atom. The third kappa shape index (κ3) is 3.03. The molecule has 7 rings (SSSR count). The lowest BCUT2D eigenvalue weighted by atomic mass is 9.65. The van der Waals surface area contributed by atoms with E-state index in [-0.39, 0.29) is 23.3 Å². The molecule has 3 aliphatic heterocycles. The monoisotopic (exact) mass is 483 g/mol. The van der Waals surface area contributed by atoms with Crippen molar-refractivity contribution in [3.8, 4) is 0 Å². The van der Waals surface area contributed by atoms with E-state index in [0.717, 1.165) is 65.4 Å². The summed E-state index contributed by atoms with van der Waals surface area (Å²) in [6.07, 6.45) is 6.45. The van der Waals surface area contributed by atoms with Crippen molar-refractivity contribution in [2.75, 3.05) is 17.6 Å². The Morgan fingerprint density at radius 2 is 2.03 bits per heavy atom. The number of hydrogen-bond donors (Lipinski definition) is 2. The molecule has 1 unspecified atom stereocenters. The maximum absolute atomic E-state index is 13.9.